The lowest BCUT2D eigenvalue weighted by Gasteiger charge is -2.18. The fourth-order valence-electron chi connectivity index (χ4n) is 11.3. The molecule has 0 aromatic rings. The fourth-order valence-corrected chi connectivity index (χ4v) is 11.3. The Kier molecular flexibility index (Phi) is 67.0. The van der Waals surface area contributed by atoms with Crippen LogP contribution in [0.5, 0.6) is 0 Å². The lowest BCUT2D eigenvalue weighted by molar-refractivity contribution is -0.167. The molecule has 0 aliphatic carbocycles. The highest BCUT2D eigenvalue weighted by Crippen LogP contribution is 2.19. The van der Waals surface area contributed by atoms with Crippen molar-refractivity contribution >= 4 is 17.9 Å². The second kappa shape index (κ2) is 68.6. The average molecular weight is 1110 g/mol. The molecule has 0 saturated carbocycles. The molecule has 79 heavy (non-hydrogen) atoms. The van der Waals surface area contributed by atoms with Gasteiger partial charge in [-0.2, -0.15) is 0 Å². The second-order valence-electron chi connectivity index (χ2n) is 24.9. The van der Waals surface area contributed by atoms with Gasteiger partial charge in [-0.3, -0.25) is 14.4 Å². The Morgan fingerprint density at radius 2 is 0.418 bits per heavy atom. The normalized spacial score (nSPS) is 12.0. The van der Waals surface area contributed by atoms with Gasteiger partial charge in [0, 0.05) is 19.3 Å². The molecule has 0 spiro atoms. The van der Waals surface area contributed by atoms with Crippen LogP contribution in [0.4, 0.5) is 0 Å². The third-order valence-electron chi connectivity index (χ3n) is 16.8. The third kappa shape index (κ3) is 66.8. The van der Waals surface area contributed by atoms with Gasteiger partial charge in [-0.1, -0.05) is 367 Å². The Hall–Kier alpha value is -1.85. The van der Waals surface area contributed by atoms with E-state index in [-0.39, 0.29) is 31.1 Å². The molecule has 0 amide bonds. The van der Waals surface area contributed by atoms with Gasteiger partial charge in [-0.15, -0.1) is 0 Å². The topological polar surface area (TPSA) is 78.9 Å². The smallest absolute Gasteiger partial charge is 0.306 e. The number of unbranched alkanes of at least 4 members (excludes halogenated alkanes) is 55. The molecule has 0 aliphatic rings. The number of rotatable bonds is 68. The summed E-state index contributed by atoms with van der Waals surface area (Å²) in [5.74, 6) is -0.849. The molecule has 6 nitrogen and oxygen atoms in total. The zero-order valence-electron chi connectivity index (χ0n) is 53.9. The Labute approximate surface area is 494 Å². The van der Waals surface area contributed by atoms with Crippen molar-refractivity contribution in [1.29, 1.82) is 0 Å². The lowest BCUT2D eigenvalue weighted by Crippen LogP contribution is -2.30. The monoisotopic (exact) mass is 1110 g/mol. The van der Waals surface area contributed by atoms with E-state index >= 15 is 0 Å². The lowest BCUT2D eigenvalue weighted by atomic mass is 10.0. The fraction of sp³-hybridized carbons (Fsp3) is 0.932. The first kappa shape index (κ1) is 77.2. The van der Waals surface area contributed by atoms with Crippen LogP contribution in [0.25, 0.3) is 0 Å². The van der Waals surface area contributed by atoms with Crippen molar-refractivity contribution in [1.82, 2.24) is 0 Å². The van der Waals surface area contributed by atoms with Gasteiger partial charge in [0.25, 0.3) is 0 Å². The van der Waals surface area contributed by atoms with Crippen molar-refractivity contribution in [2.45, 2.75) is 425 Å². The molecular weight excluding hydrogens is 973 g/mol. The van der Waals surface area contributed by atoms with Crippen LogP contribution in [0, 0.1) is 0 Å². The van der Waals surface area contributed by atoms with Gasteiger partial charge in [-0.05, 0) is 44.9 Å². The first-order valence-corrected chi connectivity index (χ1v) is 36.2. The van der Waals surface area contributed by atoms with E-state index in [9.17, 15) is 14.4 Å². The molecule has 0 bridgehead atoms. The van der Waals surface area contributed by atoms with Gasteiger partial charge in [0.1, 0.15) is 13.2 Å². The Morgan fingerprint density at radius 1 is 0.241 bits per heavy atom. The summed E-state index contributed by atoms with van der Waals surface area (Å²) in [6.45, 7) is 6.64. The number of esters is 3. The van der Waals surface area contributed by atoms with Gasteiger partial charge in [0.05, 0.1) is 0 Å². The number of carbonyl (C=O) groups excluding carboxylic acids is 3. The van der Waals surface area contributed by atoms with E-state index in [0.29, 0.717) is 19.3 Å². The van der Waals surface area contributed by atoms with Crippen LogP contribution in [0.2, 0.25) is 0 Å². The van der Waals surface area contributed by atoms with Crippen molar-refractivity contribution < 1.29 is 28.6 Å². The minimum atomic E-state index is -0.764. The van der Waals surface area contributed by atoms with E-state index in [1.54, 1.807) is 0 Å². The minimum absolute atomic E-state index is 0.0644. The summed E-state index contributed by atoms with van der Waals surface area (Å²) in [5.41, 5.74) is 0. The van der Waals surface area contributed by atoms with Gasteiger partial charge in [0.2, 0.25) is 0 Å². The highest BCUT2D eigenvalue weighted by molar-refractivity contribution is 5.71. The summed E-state index contributed by atoms with van der Waals surface area (Å²) < 4.78 is 16.8. The van der Waals surface area contributed by atoms with E-state index in [1.807, 2.05) is 0 Å². The molecule has 1 unspecified atom stereocenters. The van der Waals surface area contributed by atoms with E-state index in [1.165, 1.54) is 315 Å². The molecule has 0 aliphatic heterocycles. The average Bonchev–Trinajstić information content (AvgIpc) is 3.45. The first-order valence-electron chi connectivity index (χ1n) is 36.2. The molecule has 0 aromatic carbocycles. The van der Waals surface area contributed by atoms with Gasteiger partial charge < -0.3 is 14.2 Å². The third-order valence-corrected chi connectivity index (χ3v) is 16.8. The molecular formula is C73H140O6. The number of allylic oxidation sites excluding steroid dienone is 2. The van der Waals surface area contributed by atoms with E-state index < -0.39 is 6.10 Å². The summed E-state index contributed by atoms with van der Waals surface area (Å²) in [6.07, 6.45) is 83.2. The van der Waals surface area contributed by atoms with Crippen molar-refractivity contribution in [3.63, 3.8) is 0 Å². The summed E-state index contributed by atoms with van der Waals surface area (Å²) >= 11 is 0. The molecule has 468 valence electrons. The molecule has 0 fully saturated rings. The summed E-state index contributed by atoms with van der Waals surface area (Å²) in [7, 11) is 0. The van der Waals surface area contributed by atoms with E-state index in [4.69, 9.17) is 14.2 Å². The second-order valence-corrected chi connectivity index (χ2v) is 24.9. The molecule has 1 atom stereocenters. The SMILES string of the molecule is CCCCCCCCCC/C=C\CCCCCCCCCCCCCCCC(=O)OC(COC(=O)CCCCCCC)COC(=O)CCCCCCCCCCCCCCCCCCCCCCCCCCCCCCCCC. The number of hydrogen-bond acceptors (Lipinski definition) is 6. The largest absolute Gasteiger partial charge is 0.462 e. The van der Waals surface area contributed by atoms with Crippen molar-refractivity contribution in [2.24, 2.45) is 0 Å². The molecule has 0 N–H and O–H groups in total. The summed E-state index contributed by atoms with van der Waals surface area (Å²) in [4.78, 5) is 38.0. The summed E-state index contributed by atoms with van der Waals surface area (Å²) in [5, 5.41) is 0. The van der Waals surface area contributed by atoms with Crippen LogP contribution >= 0.6 is 0 Å². The molecule has 0 aromatic heterocycles. The number of ether oxygens (including phenoxy) is 3. The maximum absolute atomic E-state index is 12.9. The molecule has 0 rings (SSSR count). The van der Waals surface area contributed by atoms with Gasteiger partial charge in [0.15, 0.2) is 6.10 Å². The predicted octanol–water partition coefficient (Wildman–Crippen LogP) is 24.8. The van der Waals surface area contributed by atoms with Crippen molar-refractivity contribution in [3.8, 4) is 0 Å². The Balaban J connectivity index is 3.88. The van der Waals surface area contributed by atoms with Crippen LogP contribution in [0.3, 0.4) is 0 Å². The first-order chi connectivity index (χ1) is 39.0. The molecule has 0 radical (unpaired) electrons. The molecule has 6 heteroatoms. The standard InChI is InChI=1S/C73H140O6/c1-4-7-10-13-15-17-19-21-23-25-27-29-31-33-34-35-36-37-38-40-41-43-45-47-49-51-53-55-57-60-63-66-72(75)78-69-70(68-77-71(74)65-62-59-12-9-6-3)79-73(76)67-64-61-58-56-54-52-50-48-46-44-42-39-32-30-28-26-24-22-20-18-16-14-11-8-5-2/h26,28,70H,4-25,27,29-69H2,1-3H3/b28-26-. The van der Waals surface area contributed by atoms with Crippen LogP contribution in [0.1, 0.15) is 419 Å². The highest BCUT2D eigenvalue weighted by atomic mass is 16.6. The van der Waals surface area contributed by atoms with Gasteiger partial charge >= 0.3 is 17.9 Å². The van der Waals surface area contributed by atoms with E-state index in [2.05, 4.69) is 32.9 Å². The molecule has 0 saturated heterocycles. The zero-order valence-corrected chi connectivity index (χ0v) is 53.9. The number of hydrogen-bond donors (Lipinski definition) is 0. The Morgan fingerprint density at radius 3 is 0.633 bits per heavy atom. The molecule has 0 heterocycles. The maximum Gasteiger partial charge on any atom is 0.306 e. The Bertz CT molecular complexity index is 1230. The van der Waals surface area contributed by atoms with Crippen LogP contribution in [-0.2, 0) is 28.6 Å². The highest BCUT2D eigenvalue weighted by Gasteiger charge is 2.19. The minimum Gasteiger partial charge on any atom is -0.462 e. The van der Waals surface area contributed by atoms with Crippen LogP contribution < -0.4 is 0 Å². The van der Waals surface area contributed by atoms with Gasteiger partial charge in [-0.25, -0.2) is 0 Å². The van der Waals surface area contributed by atoms with Crippen molar-refractivity contribution in [2.75, 3.05) is 13.2 Å². The van der Waals surface area contributed by atoms with Crippen molar-refractivity contribution in [3.05, 3.63) is 12.2 Å². The van der Waals surface area contributed by atoms with E-state index in [0.717, 1.165) is 64.2 Å². The quantitative estimate of drug-likeness (QED) is 0.0261. The zero-order chi connectivity index (χ0) is 57.1. The van der Waals surface area contributed by atoms with Crippen LogP contribution in [0.15, 0.2) is 12.2 Å². The number of carbonyl (C=O) groups is 3. The van der Waals surface area contributed by atoms with Crippen LogP contribution in [-0.4, -0.2) is 37.2 Å². The maximum atomic E-state index is 12.9. The summed E-state index contributed by atoms with van der Waals surface area (Å²) in [6, 6.07) is 0. The predicted molar refractivity (Wildman–Crippen MR) is 344 cm³/mol.